The smallest absolute Gasteiger partial charge is 0.303 e. The fourth-order valence-corrected chi connectivity index (χ4v) is 1.42. The van der Waals surface area contributed by atoms with Gasteiger partial charge in [0.05, 0.1) is 6.20 Å². The Kier molecular flexibility index (Phi) is 2.68. The second-order valence-corrected chi connectivity index (χ2v) is 3.31. The molecule has 0 fully saturated rings. The van der Waals surface area contributed by atoms with Gasteiger partial charge >= 0.3 is 6.01 Å². The largest absolute Gasteiger partial charge is 0.508 e. The van der Waals surface area contributed by atoms with Crippen LogP contribution in [0.3, 0.4) is 0 Å². The number of rotatable bonds is 3. The number of anilines is 1. The average Bonchev–Trinajstić information content (AvgIpc) is 2.59. The Morgan fingerprint density at radius 1 is 1.50 bits per heavy atom. The molecule has 0 aliphatic carbocycles. The van der Waals surface area contributed by atoms with Crippen LogP contribution in [0.1, 0.15) is 6.92 Å². The molecule has 84 valence electrons. The van der Waals surface area contributed by atoms with Gasteiger partial charge in [0, 0.05) is 12.6 Å². The molecule has 1 heterocycles. The molecule has 3 N–H and O–H groups in total. The molecule has 1 aromatic heterocycles. The van der Waals surface area contributed by atoms with E-state index in [0.29, 0.717) is 24.1 Å². The van der Waals surface area contributed by atoms with Crippen molar-refractivity contribution in [2.24, 2.45) is 0 Å². The van der Waals surface area contributed by atoms with E-state index in [1.54, 1.807) is 29.0 Å². The summed E-state index contributed by atoms with van der Waals surface area (Å²) in [7, 11) is 0. The Morgan fingerprint density at radius 2 is 2.31 bits per heavy atom. The number of hydrogen-bond donors (Lipinski definition) is 2. The van der Waals surface area contributed by atoms with Gasteiger partial charge in [-0.3, -0.25) is 4.57 Å². The standard InChI is InChI=1S/C11H13N3O2/c1-2-14-10(12)7-13-11(14)16-9-5-3-4-8(15)6-9/h3-7,15H,2,12H2,1H3. The fourth-order valence-electron chi connectivity index (χ4n) is 1.42. The van der Waals surface area contributed by atoms with Crippen molar-refractivity contribution in [1.82, 2.24) is 9.55 Å². The van der Waals surface area contributed by atoms with Crippen LogP contribution in [0.25, 0.3) is 0 Å². The van der Waals surface area contributed by atoms with Crippen molar-refractivity contribution < 1.29 is 9.84 Å². The zero-order valence-electron chi connectivity index (χ0n) is 8.92. The Labute approximate surface area is 93.1 Å². The molecular formula is C11H13N3O2. The van der Waals surface area contributed by atoms with Crippen molar-refractivity contribution in [2.75, 3.05) is 5.73 Å². The molecule has 2 aromatic rings. The molecule has 0 aliphatic heterocycles. The molecule has 0 atom stereocenters. The SMILES string of the molecule is CCn1c(N)cnc1Oc1cccc(O)c1. The second kappa shape index (κ2) is 4.14. The van der Waals surface area contributed by atoms with Crippen LogP contribution in [-0.4, -0.2) is 14.7 Å². The van der Waals surface area contributed by atoms with Gasteiger partial charge in [0.15, 0.2) is 0 Å². The Balaban J connectivity index is 2.27. The van der Waals surface area contributed by atoms with E-state index in [9.17, 15) is 5.11 Å². The Bertz CT molecular complexity index is 494. The van der Waals surface area contributed by atoms with Gasteiger partial charge in [0.25, 0.3) is 0 Å². The molecule has 16 heavy (non-hydrogen) atoms. The van der Waals surface area contributed by atoms with Crippen LogP contribution < -0.4 is 10.5 Å². The van der Waals surface area contributed by atoms with Crippen LogP contribution in [0.15, 0.2) is 30.5 Å². The summed E-state index contributed by atoms with van der Waals surface area (Å²) in [5.74, 6) is 1.23. The first-order chi connectivity index (χ1) is 7.70. The minimum Gasteiger partial charge on any atom is -0.508 e. The number of hydrogen-bond acceptors (Lipinski definition) is 4. The van der Waals surface area contributed by atoms with Gasteiger partial charge < -0.3 is 15.6 Å². The molecule has 5 heteroatoms. The van der Waals surface area contributed by atoms with Crippen LogP contribution in [-0.2, 0) is 6.54 Å². The second-order valence-electron chi connectivity index (χ2n) is 3.31. The highest BCUT2D eigenvalue weighted by atomic mass is 16.5. The number of aromatic hydroxyl groups is 1. The van der Waals surface area contributed by atoms with Crippen LogP contribution in [0, 0.1) is 0 Å². The van der Waals surface area contributed by atoms with Crippen molar-refractivity contribution in [3.63, 3.8) is 0 Å². The van der Waals surface area contributed by atoms with E-state index >= 15 is 0 Å². The predicted molar refractivity (Wildman–Crippen MR) is 60.5 cm³/mol. The monoisotopic (exact) mass is 219 g/mol. The topological polar surface area (TPSA) is 73.3 Å². The highest BCUT2D eigenvalue weighted by Gasteiger charge is 2.08. The summed E-state index contributed by atoms with van der Waals surface area (Å²) < 4.78 is 7.25. The zero-order valence-corrected chi connectivity index (χ0v) is 8.92. The summed E-state index contributed by atoms with van der Waals surface area (Å²) >= 11 is 0. The molecule has 0 spiro atoms. The summed E-state index contributed by atoms with van der Waals surface area (Å²) in [5.41, 5.74) is 5.71. The molecule has 0 unspecified atom stereocenters. The lowest BCUT2D eigenvalue weighted by atomic mass is 10.3. The number of imidazole rings is 1. The third kappa shape index (κ3) is 1.93. The van der Waals surface area contributed by atoms with Crippen LogP contribution >= 0.6 is 0 Å². The van der Waals surface area contributed by atoms with Gasteiger partial charge in [-0.2, -0.15) is 0 Å². The maximum Gasteiger partial charge on any atom is 0.303 e. The van der Waals surface area contributed by atoms with Crippen molar-refractivity contribution in [3.8, 4) is 17.5 Å². The highest BCUT2D eigenvalue weighted by Crippen LogP contribution is 2.25. The number of nitrogens with two attached hydrogens (primary N) is 1. The fraction of sp³-hybridized carbons (Fsp3) is 0.182. The summed E-state index contributed by atoms with van der Waals surface area (Å²) in [5, 5.41) is 9.29. The van der Waals surface area contributed by atoms with E-state index in [4.69, 9.17) is 10.5 Å². The minimum atomic E-state index is 0.153. The van der Waals surface area contributed by atoms with Gasteiger partial charge in [0.1, 0.15) is 17.3 Å². The number of phenolic OH excluding ortho intramolecular Hbond substituents is 1. The lowest BCUT2D eigenvalue weighted by molar-refractivity contribution is 0.410. The maximum atomic E-state index is 9.29. The highest BCUT2D eigenvalue weighted by molar-refractivity contribution is 5.36. The number of phenols is 1. The summed E-state index contributed by atoms with van der Waals surface area (Å²) in [6, 6.07) is 6.96. The zero-order chi connectivity index (χ0) is 11.5. The van der Waals surface area contributed by atoms with E-state index in [2.05, 4.69) is 4.98 Å². The van der Waals surface area contributed by atoms with E-state index in [0.717, 1.165) is 0 Å². The van der Waals surface area contributed by atoms with E-state index < -0.39 is 0 Å². The first kappa shape index (κ1) is 10.4. The lowest BCUT2D eigenvalue weighted by Gasteiger charge is -2.07. The molecular weight excluding hydrogens is 206 g/mol. The Hall–Kier alpha value is -2.17. The van der Waals surface area contributed by atoms with Crippen LogP contribution in [0.5, 0.6) is 17.5 Å². The van der Waals surface area contributed by atoms with E-state index in [1.165, 1.54) is 6.07 Å². The van der Waals surface area contributed by atoms with Crippen LogP contribution in [0.4, 0.5) is 5.82 Å². The predicted octanol–water partition coefficient (Wildman–Crippen LogP) is 1.98. The molecule has 5 nitrogen and oxygen atoms in total. The number of benzene rings is 1. The van der Waals surface area contributed by atoms with E-state index in [1.807, 2.05) is 6.92 Å². The third-order valence-corrected chi connectivity index (χ3v) is 2.19. The first-order valence-corrected chi connectivity index (χ1v) is 4.98. The molecule has 0 saturated carbocycles. The van der Waals surface area contributed by atoms with Crippen molar-refractivity contribution in [1.29, 1.82) is 0 Å². The summed E-state index contributed by atoms with van der Waals surface area (Å²) in [6.07, 6.45) is 1.54. The number of nitrogen functional groups attached to an aromatic ring is 1. The molecule has 2 rings (SSSR count). The summed E-state index contributed by atoms with van der Waals surface area (Å²) in [6.45, 7) is 2.63. The molecule has 0 amide bonds. The maximum absolute atomic E-state index is 9.29. The number of ether oxygens (including phenoxy) is 1. The average molecular weight is 219 g/mol. The van der Waals surface area contributed by atoms with Gasteiger partial charge in [-0.1, -0.05) is 6.07 Å². The van der Waals surface area contributed by atoms with Gasteiger partial charge in [-0.15, -0.1) is 0 Å². The van der Waals surface area contributed by atoms with E-state index in [-0.39, 0.29) is 5.75 Å². The van der Waals surface area contributed by atoms with Crippen molar-refractivity contribution in [2.45, 2.75) is 13.5 Å². The quantitative estimate of drug-likeness (QED) is 0.827. The molecule has 0 radical (unpaired) electrons. The molecule has 0 aliphatic rings. The first-order valence-electron chi connectivity index (χ1n) is 4.98. The Morgan fingerprint density at radius 3 is 3.00 bits per heavy atom. The summed E-state index contributed by atoms with van der Waals surface area (Å²) in [4.78, 5) is 4.05. The minimum absolute atomic E-state index is 0.153. The third-order valence-electron chi connectivity index (χ3n) is 2.19. The van der Waals surface area contributed by atoms with Gasteiger partial charge in [-0.05, 0) is 19.1 Å². The normalized spacial score (nSPS) is 10.3. The van der Waals surface area contributed by atoms with Crippen LogP contribution in [0.2, 0.25) is 0 Å². The van der Waals surface area contributed by atoms with Gasteiger partial charge in [0.2, 0.25) is 0 Å². The number of nitrogens with zero attached hydrogens (tertiary/aromatic N) is 2. The van der Waals surface area contributed by atoms with Gasteiger partial charge in [-0.25, -0.2) is 4.98 Å². The molecule has 1 aromatic carbocycles. The molecule has 0 saturated heterocycles. The van der Waals surface area contributed by atoms with Crippen molar-refractivity contribution >= 4 is 5.82 Å². The number of aromatic nitrogens is 2. The van der Waals surface area contributed by atoms with Crippen molar-refractivity contribution in [3.05, 3.63) is 30.5 Å². The lowest BCUT2D eigenvalue weighted by Crippen LogP contribution is -2.02. The molecule has 0 bridgehead atoms.